The predicted molar refractivity (Wildman–Crippen MR) is 79.2 cm³/mol. The number of carboxylic acids is 2. The van der Waals surface area contributed by atoms with Crippen LogP contribution in [-0.2, 0) is 15.0 Å². The Labute approximate surface area is 123 Å². The van der Waals surface area contributed by atoms with Crippen LogP contribution in [0.1, 0.15) is 25.8 Å². The molecule has 0 radical (unpaired) electrons. The third kappa shape index (κ3) is 8.32. The van der Waals surface area contributed by atoms with Gasteiger partial charge in [0.15, 0.2) is 0 Å². The van der Waals surface area contributed by atoms with E-state index in [0.717, 1.165) is 12.3 Å². The van der Waals surface area contributed by atoms with Crippen molar-refractivity contribution in [3.63, 3.8) is 0 Å². The maximum atomic E-state index is 9.55. The maximum Gasteiger partial charge on any atom is 0.328 e. The molecule has 0 aromatic heterocycles. The van der Waals surface area contributed by atoms with Crippen LogP contribution in [0.3, 0.4) is 0 Å². The normalized spacial score (nSPS) is 10.8. The third-order valence-electron chi connectivity index (χ3n) is 2.64. The van der Waals surface area contributed by atoms with Crippen molar-refractivity contribution in [2.75, 3.05) is 5.88 Å². The zero-order chi connectivity index (χ0) is 15.6. The Balaban J connectivity index is 0.000000396. The van der Waals surface area contributed by atoms with Crippen LogP contribution in [0.2, 0.25) is 0 Å². The molecule has 5 heteroatoms. The SMILES string of the molecule is CC(C)(CCCl)c1ccccc1.O=C(O)/C=C\C(=O)O. The molecule has 0 aliphatic rings. The zero-order valence-electron chi connectivity index (χ0n) is 11.5. The van der Waals surface area contributed by atoms with Crippen LogP contribution in [0.25, 0.3) is 0 Å². The van der Waals surface area contributed by atoms with Crippen molar-refractivity contribution in [3.8, 4) is 0 Å². The molecule has 0 saturated heterocycles. The van der Waals surface area contributed by atoms with E-state index < -0.39 is 11.9 Å². The van der Waals surface area contributed by atoms with Gasteiger partial charge in [-0.3, -0.25) is 0 Å². The van der Waals surface area contributed by atoms with E-state index in [1.165, 1.54) is 5.56 Å². The number of hydrogen-bond acceptors (Lipinski definition) is 2. The van der Waals surface area contributed by atoms with Crippen molar-refractivity contribution in [3.05, 3.63) is 48.0 Å². The van der Waals surface area contributed by atoms with Crippen LogP contribution in [0, 0.1) is 0 Å². The van der Waals surface area contributed by atoms with E-state index in [4.69, 9.17) is 21.8 Å². The summed E-state index contributed by atoms with van der Waals surface area (Å²) >= 11 is 5.74. The average molecular weight is 299 g/mol. The number of carbonyl (C=O) groups is 2. The first-order valence-electron chi connectivity index (χ1n) is 6.05. The van der Waals surface area contributed by atoms with Gasteiger partial charge in [0.2, 0.25) is 0 Å². The second-order valence-electron chi connectivity index (χ2n) is 4.70. The summed E-state index contributed by atoms with van der Waals surface area (Å²) in [6.45, 7) is 4.45. The molecule has 0 spiro atoms. The minimum absolute atomic E-state index is 0.211. The molecule has 20 heavy (non-hydrogen) atoms. The highest BCUT2D eigenvalue weighted by molar-refractivity contribution is 6.17. The summed E-state index contributed by atoms with van der Waals surface area (Å²) < 4.78 is 0. The van der Waals surface area contributed by atoms with Crippen LogP contribution in [0.4, 0.5) is 0 Å². The number of hydrogen-bond donors (Lipinski definition) is 2. The van der Waals surface area contributed by atoms with Crippen molar-refractivity contribution in [2.45, 2.75) is 25.7 Å². The van der Waals surface area contributed by atoms with Gasteiger partial charge in [-0.25, -0.2) is 9.59 Å². The first kappa shape index (κ1) is 18.2. The highest BCUT2D eigenvalue weighted by Crippen LogP contribution is 2.26. The molecule has 0 atom stereocenters. The summed E-state index contributed by atoms with van der Waals surface area (Å²) in [5, 5.41) is 15.6. The molecule has 110 valence electrons. The summed E-state index contributed by atoms with van der Waals surface area (Å²) in [4.78, 5) is 19.1. The lowest BCUT2D eigenvalue weighted by Gasteiger charge is -2.23. The highest BCUT2D eigenvalue weighted by atomic mass is 35.5. The van der Waals surface area contributed by atoms with Gasteiger partial charge in [-0.2, -0.15) is 0 Å². The first-order valence-corrected chi connectivity index (χ1v) is 6.58. The largest absolute Gasteiger partial charge is 0.478 e. The smallest absolute Gasteiger partial charge is 0.328 e. The number of halogens is 1. The zero-order valence-corrected chi connectivity index (χ0v) is 12.3. The van der Waals surface area contributed by atoms with E-state index in [1.807, 2.05) is 6.07 Å². The van der Waals surface area contributed by atoms with E-state index in [1.54, 1.807) is 0 Å². The molecule has 0 bridgehead atoms. The van der Waals surface area contributed by atoms with Crippen LogP contribution in [0.15, 0.2) is 42.5 Å². The van der Waals surface area contributed by atoms with Crippen molar-refractivity contribution in [1.82, 2.24) is 0 Å². The fourth-order valence-corrected chi connectivity index (χ4v) is 1.88. The fraction of sp³-hybridized carbons (Fsp3) is 0.333. The third-order valence-corrected chi connectivity index (χ3v) is 2.83. The van der Waals surface area contributed by atoms with E-state index >= 15 is 0 Å². The van der Waals surface area contributed by atoms with Gasteiger partial charge in [0.1, 0.15) is 0 Å². The molecule has 0 heterocycles. The lowest BCUT2D eigenvalue weighted by molar-refractivity contribution is -0.134. The molecular weight excluding hydrogens is 280 g/mol. The quantitative estimate of drug-likeness (QED) is 0.646. The molecule has 0 unspecified atom stereocenters. The Hall–Kier alpha value is -1.81. The van der Waals surface area contributed by atoms with Crippen LogP contribution in [-0.4, -0.2) is 28.0 Å². The molecule has 0 aliphatic carbocycles. The van der Waals surface area contributed by atoms with Crippen molar-refractivity contribution >= 4 is 23.5 Å². The Kier molecular flexibility index (Phi) is 8.32. The molecule has 0 amide bonds. The Bertz CT molecular complexity index is 436. The second kappa shape index (κ2) is 9.15. The molecular formula is C15H19ClO4. The second-order valence-corrected chi connectivity index (χ2v) is 5.08. The number of carboxylic acid groups (broad SMARTS) is 2. The van der Waals surface area contributed by atoms with E-state index in [0.29, 0.717) is 12.2 Å². The first-order chi connectivity index (χ1) is 9.29. The van der Waals surface area contributed by atoms with Gasteiger partial charge < -0.3 is 10.2 Å². The number of alkyl halides is 1. The Morgan fingerprint density at radius 1 is 1.10 bits per heavy atom. The maximum absolute atomic E-state index is 9.55. The van der Waals surface area contributed by atoms with E-state index in [-0.39, 0.29) is 5.41 Å². The van der Waals surface area contributed by atoms with Gasteiger partial charge in [-0.05, 0) is 17.4 Å². The van der Waals surface area contributed by atoms with Crippen LogP contribution in [0.5, 0.6) is 0 Å². The lowest BCUT2D eigenvalue weighted by atomic mass is 9.82. The molecule has 1 aromatic carbocycles. The molecule has 1 aromatic rings. The number of rotatable bonds is 5. The molecule has 0 aliphatic heterocycles. The molecule has 1 rings (SSSR count). The molecule has 0 fully saturated rings. The predicted octanol–water partition coefficient (Wildman–Crippen LogP) is 3.30. The van der Waals surface area contributed by atoms with Gasteiger partial charge in [-0.15, -0.1) is 11.6 Å². The monoisotopic (exact) mass is 298 g/mol. The number of aliphatic carboxylic acids is 2. The van der Waals surface area contributed by atoms with Gasteiger partial charge in [0.05, 0.1) is 0 Å². The Morgan fingerprint density at radius 3 is 1.90 bits per heavy atom. The summed E-state index contributed by atoms with van der Waals surface area (Å²) in [5.74, 6) is -1.79. The van der Waals surface area contributed by atoms with Crippen molar-refractivity contribution in [1.29, 1.82) is 0 Å². The molecule has 4 nitrogen and oxygen atoms in total. The lowest BCUT2D eigenvalue weighted by Crippen LogP contribution is -2.17. The summed E-state index contributed by atoms with van der Waals surface area (Å²) in [5.41, 5.74) is 1.58. The molecule has 2 N–H and O–H groups in total. The minimum Gasteiger partial charge on any atom is -0.478 e. The van der Waals surface area contributed by atoms with Gasteiger partial charge >= 0.3 is 11.9 Å². The van der Waals surface area contributed by atoms with Crippen LogP contribution >= 0.6 is 11.6 Å². The summed E-state index contributed by atoms with van der Waals surface area (Å²) in [7, 11) is 0. The highest BCUT2D eigenvalue weighted by Gasteiger charge is 2.18. The van der Waals surface area contributed by atoms with E-state index in [9.17, 15) is 9.59 Å². The topological polar surface area (TPSA) is 74.6 Å². The van der Waals surface area contributed by atoms with Crippen molar-refractivity contribution < 1.29 is 19.8 Å². The summed E-state index contributed by atoms with van der Waals surface area (Å²) in [6.07, 6.45) is 2.14. The fourth-order valence-electron chi connectivity index (χ4n) is 1.41. The minimum atomic E-state index is -1.26. The van der Waals surface area contributed by atoms with Crippen molar-refractivity contribution in [2.24, 2.45) is 0 Å². The van der Waals surface area contributed by atoms with Crippen LogP contribution < -0.4 is 0 Å². The average Bonchev–Trinajstić information content (AvgIpc) is 2.38. The van der Waals surface area contributed by atoms with Gasteiger partial charge in [-0.1, -0.05) is 44.2 Å². The Morgan fingerprint density at radius 2 is 1.55 bits per heavy atom. The number of benzene rings is 1. The standard InChI is InChI=1S/C11H15Cl.C4H4O4/c1-11(2,8-9-12)10-6-4-3-5-7-10;5-3(6)1-2-4(7)8/h3-7H,8-9H2,1-2H3;1-2H,(H,5,6)(H,7,8)/b;2-1-. The van der Waals surface area contributed by atoms with Gasteiger partial charge in [0.25, 0.3) is 0 Å². The molecule has 0 saturated carbocycles. The summed E-state index contributed by atoms with van der Waals surface area (Å²) in [6, 6.07) is 10.5. The van der Waals surface area contributed by atoms with E-state index in [2.05, 4.69) is 38.1 Å². The van der Waals surface area contributed by atoms with Gasteiger partial charge in [0, 0.05) is 18.0 Å².